The van der Waals surface area contributed by atoms with Gasteiger partial charge in [0.05, 0.1) is 10.7 Å². The lowest BCUT2D eigenvalue weighted by molar-refractivity contribution is 0.790. The molecule has 0 amide bonds. The Morgan fingerprint density at radius 3 is 2.56 bits per heavy atom. The number of hydrogen-bond donors (Lipinski definition) is 2. The molecule has 2 nitrogen and oxygen atoms in total. The third-order valence-electron chi connectivity index (χ3n) is 2.78. The lowest BCUT2D eigenvalue weighted by atomic mass is 10.1. The standard InChI is InChI=1S/C15H17ClN2/c1-11(9-12-5-3-2-4-6-12)18-15-8-7-13(17)10-14(15)16/h2-8,10-11,18H,9,17H2,1H3. The summed E-state index contributed by atoms with van der Waals surface area (Å²) in [4.78, 5) is 0. The van der Waals surface area contributed by atoms with Crippen molar-refractivity contribution in [2.75, 3.05) is 11.1 Å². The number of hydrogen-bond acceptors (Lipinski definition) is 2. The molecule has 0 aliphatic heterocycles. The Labute approximate surface area is 113 Å². The molecule has 0 aliphatic rings. The van der Waals surface area contributed by atoms with Crippen molar-refractivity contribution in [1.29, 1.82) is 0 Å². The summed E-state index contributed by atoms with van der Waals surface area (Å²) < 4.78 is 0. The van der Waals surface area contributed by atoms with Crippen LogP contribution in [0.1, 0.15) is 12.5 Å². The van der Waals surface area contributed by atoms with Gasteiger partial charge in [-0.3, -0.25) is 0 Å². The van der Waals surface area contributed by atoms with Crippen molar-refractivity contribution in [3.05, 3.63) is 59.1 Å². The molecular weight excluding hydrogens is 244 g/mol. The molecule has 1 atom stereocenters. The van der Waals surface area contributed by atoms with Crippen LogP contribution in [0.4, 0.5) is 11.4 Å². The average Bonchev–Trinajstić information content (AvgIpc) is 2.34. The summed E-state index contributed by atoms with van der Waals surface area (Å²) in [7, 11) is 0. The van der Waals surface area contributed by atoms with E-state index in [1.54, 1.807) is 6.07 Å². The van der Waals surface area contributed by atoms with Crippen LogP contribution in [0.5, 0.6) is 0 Å². The predicted octanol–water partition coefficient (Wildman–Crippen LogP) is 3.97. The van der Waals surface area contributed by atoms with Crippen LogP contribution in [0.15, 0.2) is 48.5 Å². The molecule has 0 aliphatic carbocycles. The second kappa shape index (κ2) is 5.78. The van der Waals surface area contributed by atoms with Crippen LogP contribution in [-0.4, -0.2) is 6.04 Å². The summed E-state index contributed by atoms with van der Waals surface area (Å²) in [5.74, 6) is 0. The normalized spacial score (nSPS) is 12.1. The van der Waals surface area contributed by atoms with E-state index in [1.165, 1.54) is 5.56 Å². The number of nitrogens with one attached hydrogen (secondary N) is 1. The number of anilines is 2. The summed E-state index contributed by atoms with van der Waals surface area (Å²) in [6.45, 7) is 2.14. The lowest BCUT2D eigenvalue weighted by Gasteiger charge is -2.16. The first kappa shape index (κ1) is 12.8. The second-order valence-corrected chi connectivity index (χ2v) is 4.88. The van der Waals surface area contributed by atoms with E-state index in [4.69, 9.17) is 17.3 Å². The maximum Gasteiger partial charge on any atom is 0.0658 e. The molecular formula is C15H17ClN2. The Morgan fingerprint density at radius 2 is 1.89 bits per heavy atom. The van der Waals surface area contributed by atoms with Crippen LogP contribution >= 0.6 is 11.6 Å². The molecule has 94 valence electrons. The minimum atomic E-state index is 0.313. The zero-order valence-electron chi connectivity index (χ0n) is 10.4. The van der Waals surface area contributed by atoms with E-state index in [9.17, 15) is 0 Å². The third-order valence-corrected chi connectivity index (χ3v) is 3.09. The van der Waals surface area contributed by atoms with Crippen LogP contribution in [0.3, 0.4) is 0 Å². The Balaban J connectivity index is 2.01. The quantitative estimate of drug-likeness (QED) is 0.817. The van der Waals surface area contributed by atoms with Gasteiger partial charge in [-0.2, -0.15) is 0 Å². The van der Waals surface area contributed by atoms with Crippen LogP contribution < -0.4 is 11.1 Å². The highest BCUT2D eigenvalue weighted by Gasteiger charge is 2.06. The topological polar surface area (TPSA) is 38.0 Å². The highest BCUT2D eigenvalue weighted by atomic mass is 35.5. The van der Waals surface area contributed by atoms with Gasteiger partial charge in [-0.05, 0) is 37.1 Å². The van der Waals surface area contributed by atoms with Gasteiger partial charge in [-0.1, -0.05) is 41.9 Å². The van der Waals surface area contributed by atoms with Crippen LogP contribution in [0.2, 0.25) is 5.02 Å². The summed E-state index contributed by atoms with van der Waals surface area (Å²) in [6, 6.07) is 16.2. The molecule has 0 heterocycles. The number of nitrogens with two attached hydrogens (primary N) is 1. The van der Waals surface area contributed by atoms with Crippen LogP contribution in [0.25, 0.3) is 0 Å². The first-order chi connectivity index (χ1) is 8.65. The number of rotatable bonds is 4. The first-order valence-corrected chi connectivity index (χ1v) is 6.38. The molecule has 2 aromatic carbocycles. The molecule has 1 unspecified atom stereocenters. The van der Waals surface area contributed by atoms with Crippen molar-refractivity contribution >= 4 is 23.0 Å². The molecule has 18 heavy (non-hydrogen) atoms. The minimum Gasteiger partial charge on any atom is -0.399 e. The second-order valence-electron chi connectivity index (χ2n) is 4.47. The molecule has 0 saturated heterocycles. The molecule has 0 spiro atoms. The van der Waals surface area contributed by atoms with E-state index >= 15 is 0 Å². The van der Waals surface area contributed by atoms with Gasteiger partial charge >= 0.3 is 0 Å². The van der Waals surface area contributed by atoms with E-state index in [2.05, 4.69) is 36.5 Å². The Morgan fingerprint density at radius 1 is 1.17 bits per heavy atom. The van der Waals surface area contributed by atoms with E-state index in [-0.39, 0.29) is 0 Å². The minimum absolute atomic E-state index is 0.313. The average molecular weight is 261 g/mol. The number of halogens is 1. The van der Waals surface area contributed by atoms with Crippen molar-refractivity contribution in [2.24, 2.45) is 0 Å². The predicted molar refractivity (Wildman–Crippen MR) is 79.1 cm³/mol. The maximum absolute atomic E-state index is 6.13. The van der Waals surface area contributed by atoms with Crippen LogP contribution in [-0.2, 0) is 6.42 Å². The summed E-state index contributed by atoms with van der Waals surface area (Å²) in [5.41, 5.74) is 8.59. The van der Waals surface area contributed by atoms with Crippen molar-refractivity contribution in [2.45, 2.75) is 19.4 Å². The van der Waals surface area contributed by atoms with Gasteiger partial charge in [0.2, 0.25) is 0 Å². The number of nitrogen functional groups attached to an aromatic ring is 1. The SMILES string of the molecule is CC(Cc1ccccc1)Nc1ccc(N)cc1Cl. The highest BCUT2D eigenvalue weighted by Crippen LogP contribution is 2.25. The Hall–Kier alpha value is -1.67. The monoisotopic (exact) mass is 260 g/mol. The molecule has 2 rings (SSSR count). The van der Waals surface area contributed by atoms with Gasteiger partial charge in [0.1, 0.15) is 0 Å². The molecule has 0 aromatic heterocycles. The first-order valence-electron chi connectivity index (χ1n) is 6.00. The molecule has 3 heteroatoms. The van der Waals surface area contributed by atoms with E-state index in [0.717, 1.165) is 12.1 Å². The molecule has 0 saturated carbocycles. The van der Waals surface area contributed by atoms with Crippen molar-refractivity contribution in [1.82, 2.24) is 0 Å². The van der Waals surface area contributed by atoms with Gasteiger partial charge < -0.3 is 11.1 Å². The maximum atomic E-state index is 6.13. The smallest absolute Gasteiger partial charge is 0.0658 e. The van der Waals surface area contributed by atoms with E-state index in [0.29, 0.717) is 16.8 Å². The lowest BCUT2D eigenvalue weighted by Crippen LogP contribution is -2.18. The van der Waals surface area contributed by atoms with E-state index in [1.807, 2.05) is 18.2 Å². The summed E-state index contributed by atoms with van der Waals surface area (Å²) in [6.07, 6.45) is 0.960. The molecule has 3 N–H and O–H groups in total. The zero-order valence-corrected chi connectivity index (χ0v) is 11.1. The van der Waals surface area contributed by atoms with Crippen molar-refractivity contribution in [3.63, 3.8) is 0 Å². The zero-order chi connectivity index (χ0) is 13.0. The van der Waals surface area contributed by atoms with Gasteiger partial charge in [0.15, 0.2) is 0 Å². The summed E-state index contributed by atoms with van der Waals surface area (Å²) in [5, 5.41) is 4.06. The van der Waals surface area contributed by atoms with Gasteiger partial charge in [0, 0.05) is 11.7 Å². The Bertz CT molecular complexity index is 511. The van der Waals surface area contributed by atoms with Gasteiger partial charge in [-0.25, -0.2) is 0 Å². The fraction of sp³-hybridized carbons (Fsp3) is 0.200. The summed E-state index contributed by atoms with van der Waals surface area (Å²) >= 11 is 6.13. The fourth-order valence-electron chi connectivity index (χ4n) is 1.93. The van der Waals surface area contributed by atoms with Gasteiger partial charge in [0.25, 0.3) is 0 Å². The third kappa shape index (κ3) is 3.41. The van der Waals surface area contributed by atoms with E-state index < -0.39 is 0 Å². The highest BCUT2D eigenvalue weighted by molar-refractivity contribution is 6.33. The van der Waals surface area contributed by atoms with Gasteiger partial charge in [-0.15, -0.1) is 0 Å². The molecule has 0 radical (unpaired) electrons. The molecule has 0 bridgehead atoms. The largest absolute Gasteiger partial charge is 0.399 e. The Kier molecular flexibility index (Phi) is 4.11. The van der Waals surface area contributed by atoms with Crippen molar-refractivity contribution < 1.29 is 0 Å². The number of benzene rings is 2. The molecule has 2 aromatic rings. The van der Waals surface area contributed by atoms with Crippen LogP contribution in [0, 0.1) is 0 Å². The fourth-order valence-corrected chi connectivity index (χ4v) is 2.18. The van der Waals surface area contributed by atoms with Crippen molar-refractivity contribution in [3.8, 4) is 0 Å². The molecule has 0 fully saturated rings.